The van der Waals surface area contributed by atoms with Crippen molar-refractivity contribution in [1.29, 1.82) is 0 Å². The van der Waals surface area contributed by atoms with E-state index in [9.17, 15) is 4.79 Å². The van der Waals surface area contributed by atoms with Crippen LogP contribution < -0.4 is 10.6 Å². The van der Waals surface area contributed by atoms with Crippen molar-refractivity contribution < 1.29 is 9.53 Å². The van der Waals surface area contributed by atoms with Crippen LogP contribution in [0.3, 0.4) is 0 Å². The van der Waals surface area contributed by atoms with E-state index in [1.807, 2.05) is 0 Å². The van der Waals surface area contributed by atoms with Gasteiger partial charge in [-0.1, -0.05) is 13.8 Å². The molecule has 0 aliphatic carbocycles. The summed E-state index contributed by atoms with van der Waals surface area (Å²) < 4.78 is 5.46. The van der Waals surface area contributed by atoms with Gasteiger partial charge >= 0.3 is 0 Å². The first kappa shape index (κ1) is 20.7. The number of ether oxygens (including phenoxy) is 1. The molecule has 140 valence electrons. The van der Waals surface area contributed by atoms with Gasteiger partial charge in [0.2, 0.25) is 5.91 Å². The fourth-order valence-corrected chi connectivity index (χ4v) is 2.79. The number of aliphatic imine (C=N–C) groups is 1. The Morgan fingerprint density at radius 1 is 1.25 bits per heavy atom. The first-order valence-corrected chi connectivity index (χ1v) is 8.90. The van der Waals surface area contributed by atoms with Crippen LogP contribution in [0, 0.1) is 5.92 Å². The highest BCUT2D eigenvalue weighted by Gasteiger charge is 2.22. The number of hydrogen-bond acceptors (Lipinski definition) is 4. The van der Waals surface area contributed by atoms with Gasteiger partial charge in [0.05, 0.1) is 13.2 Å². The van der Waals surface area contributed by atoms with Crippen LogP contribution in [0.15, 0.2) is 4.99 Å². The minimum atomic E-state index is 0.115. The van der Waals surface area contributed by atoms with Crippen molar-refractivity contribution in [3.63, 3.8) is 0 Å². The number of nitrogens with zero attached hydrogens (tertiary/aromatic N) is 3. The zero-order valence-electron chi connectivity index (χ0n) is 16.0. The van der Waals surface area contributed by atoms with E-state index in [2.05, 4.69) is 34.4 Å². The van der Waals surface area contributed by atoms with Gasteiger partial charge in [0, 0.05) is 59.8 Å². The highest BCUT2D eigenvalue weighted by atomic mass is 16.5. The van der Waals surface area contributed by atoms with Crippen LogP contribution in [-0.4, -0.2) is 88.2 Å². The standard InChI is InChI=1S/C17H35N5O2/c1-14(2)12-15(22-8-10-24-11-9-22)13-20-17(18-3)19-7-6-16(23)21(4)5/h14-15H,6-13H2,1-5H3,(H2,18,19,20). The first-order valence-electron chi connectivity index (χ1n) is 8.90. The molecule has 1 heterocycles. The molecule has 1 fully saturated rings. The summed E-state index contributed by atoms with van der Waals surface area (Å²) >= 11 is 0. The van der Waals surface area contributed by atoms with Gasteiger partial charge < -0.3 is 20.3 Å². The van der Waals surface area contributed by atoms with Crippen LogP contribution in [-0.2, 0) is 9.53 Å². The molecule has 7 heteroatoms. The maximum atomic E-state index is 11.6. The number of carbonyl (C=O) groups is 1. The van der Waals surface area contributed by atoms with E-state index in [4.69, 9.17) is 4.74 Å². The number of guanidine groups is 1. The van der Waals surface area contributed by atoms with Crippen molar-refractivity contribution in [2.24, 2.45) is 10.9 Å². The number of nitrogens with one attached hydrogen (secondary N) is 2. The molecule has 0 saturated carbocycles. The van der Waals surface area contributed by atoms with Crippen molar-refractivity contribution in [2.75, 3.05) is 60.5 Å². The monoisotopic (exact) mass is 341 g/mol. The average molecular weight is 342 g/mol. The van der Waals surface area contributed by atoms with Crippen LogP contribution in [0.25, 0.3) is 0 Å². The van der Waals surface area contributed by atoms with Crippen molar-refractivity contribution >= 4 is 11.9 Å². The molecule has 0 radical (unpaired) electrons. The van der Waals surface area contributed by atoms with Crippen molar-refractivity contribution in [3.05, 3.63) is 0 Å². The molecule has 1 rings (SSSR count). The van der Waals surface area contributed by atoms with Gasteiger partial charge in [-0.3, -0.25) is 14.7 Å². The summed E-state index contributed by atoms with van der Waals surface area (Å²) in [6.07, 6.45) is 1.61. The molecule has 0 aromatic heterocycles. The minimum Gasteiger partial charge on any atom is -0.379 e. The quantitative estimate of drug-likeness (QED) is 0.493. The molecule has 2 N–H and O–H groups in total. The van der Waals surface area contributed by atoms with Gasteiger partial charge in [0.25, 0.3) is 0 Å². The maximum absolute atomic E-state index is 11.6. The Kier molecular flexibility index (Phi) is 9.71. The van der Waals surface area contributed by atoms with Crippen molar-refractivity contribution in [2.45, 2.75) is 32.7 Å². The van der Waals surface area contributed by atoms with Gasteiger partial charge in [0.1, 0.15) is 0 Å². The Morgan fingerprint density at radius 3 is 2.46 bits per heavy atom. The summed E-state index contributed by atoms with van der Waals surface area (Å²) in [4.78, 5) is 20.0. The second-order valence-corrected chi connectivity index (χ2v) is 6.85. The smallest absolute Gasteiger partial charge is 0.223 e. The number of hydrogen-bond donors (Lipinski definition) is 2. The van der Waals surface area contributed by atoms with Crippen LogP contribution in [0.5, 0.6) is 0 Å². The van der Waals surface area contributed by atoms with E-state index < -0.39 is 0 Å². The molecule has 0 aromatic rings. The summed E-state index contributed by atoms with van der Waals surface area (Å²) in [5.74, 6) is 1.51. The zero-order chi connectivity index (χ0) is 17.9. The van der Waals surface area contributed by atoms with Crippen LogP contribution in [0.2, 0.25) is 0 Å². The molecular formula is C17H35N5O2. The highest BCUT2D eigenvalue weighted by molar-refractivity contribution is 5.81. The predicted molar refractivity (Wildman–Crippen MR) is 98.3 cm³/mol. The lowest BCUT2D eigenvalue weighted by Gasteiger charge is -2.35. The molecular weight excluding hydrogens is 306 g/mol. The summed E-state index contributed by atoms with van der Waals surface area (Å²) in [5, 5.41) is 6.62. The SMILES string of the molecule is CN=C(NCCC(=O)N(C)C)NCC(CC(C)C)N1CCOCC1. The molecule has 1 aliphatic rings. The minimum absolute atomic E-state index is 0.115. The molecule has 1 aliphatic heterocycles. The van der Waals surface area contributed by atoms with Gasteiger partial charge in [-0.2, -0.15) is 0 Å². The number of rotatable bonds is 8. The van der Waals surface area contributed by atoms with Gasteiger partial charge in [0.15, 0.2) is 5.96 Å². The fraction of sp³-hybridized carbons (Fsp3) is 0.882. The van der Waals surface area contributed by atoms with E-state index in [-0.39, 0.29) is 5.91 Å². The van der Waals surface area contributed by atoms with Crippen LogP contribution in [0.4, 0.5) is 0 Å². The summed E-state index contributed by atoms with van der Waals surface area (Å²) in [7, 11) is 5.30. The molecule has 1 saturated heterocycles. The summed E-state index contributed by atoms with van der Waals surface area (Å²) in [6, 6.07) is 0.468. The Hall–Kier alpha value is -1.34. The number of amides is 1. The highest BCUT2D eigenvalue weighted by Crippen LogP contribution is 2.12. The van der Waals surface area contributed by atoms with E-state index in [0.29, 0.717) is 24.9 Å². The third-order valence-electron chi connectivity index (χ3n) is 4.16. The Bertz CT molecular complexity index is 392. The normalized spacial score (nSPS) is 17.7. The van der Waals surface area contributed by atoms with Gasteiger partial charge in [-0.25, -0.2) is 0 Å². The van der Waals surface area contributed by atoms with Crippen LogP contribution >= 0.6 is 0 Å². The molecule has 1 atom stereocenters. The Morgan fingerprint density at radius 2 is 1.92 bits per heavy atom. The largest absolute Gasteiger partial charge is 0.379 e. The molecule has 1 amide bonds. The molecule has 0 spiro atoms. The molecule has 0 bridgehead atoms. The van der Waals surface area contributed by atoms with Gasteiger partial charge in [-0.15, -0.1) is 0 Å². The van der Waals surface area contributed by atoms with Crippen LogP contribution in [0.1, 0.15) is 26.7 Å². The third kappa shape index (κ3) is 7.97. The topological polar surface area (TPSA) is 69.2 Å². The Labute approximate surface area is 146 Å². The first-order chi connectivity index (χ1) is 11.4. The van der Waals surface area contributed by atoms with Crippen molar-refractivity contribution in [3.8, 4) is 0 Å². The van der Waals surface area contributed by atoms with E-state index in [0.717, 1.165) is 45.2 Å². The lowest BCUT2D eigenvalue weighted by molar-refractivity contribution is -0.128. The molecule has 1 unspecified atom stereocenters. The lowest BCUT2D eigenvalue weighted by atomic mass is 10.0. The number of carbonyl (C=O) groups excluding carboxylic acids is 1. The molecule has 24 heavy (non-hydrogen) atoms. The number of morpholine rings is 1. The fourth-order valence-electron chi connectivity index (χ4n) is 2.79. The average Bonchev–Trinajstić information content (AvgIpc) is 2.56. The zero-order valence-corrected chi connectivity index (χ0v) is 16.0. The van der Waals surface area contributed by atoms with E-state index in [1.54, 1.807) is 26.0 Å². The third-order valence-corrected chi connectivity index (χ3v) is 4.16. The van der Waals surface area contributed by atoms with Gasteiger partial charge in [-0.05, 0) is 12.3 Å². The van der Waals surface area contributed by atoms with Crippen molar-refractivity contribution in [1.82, 2.24) is 20.4 Å². The Balaban J connectivity index is 2.43. The molecule has 0 aromatic carbocycles. The molecule has 7 nitrogen and oxygen atoms in total. The van der Waals surface area contributed by atoms with E-state index >= 15 is 0 Å². The predicted octanol–water partition coefficient (Wildman–Crippen LogP) is 0.377. The maximum Gasteiger partial charge on any atom is 0.223 e. The van der Waals surface area contributed by atoms with E-state index in [1.165, 1.54) is 0 Å². The second-order valence-electron chi connectivity index (χ2n) is 6.85. The lowest BCUT2D eigenvalue weighted by Crippen LogP contribution is -2.51. The summed E-state index contributed by atoms with van der Waals surface area (Å²) in [5.41, 5.74) is 0. The second kappa shape index (κ2) is 11.3. The summed E-state index contributed by atoms with van der Waals surface area (Å²) in [6.45, 7) is 9.55.